The van der Waals surface area contributed by atoms with Gasteiger partial charge in [0.1, 0.15) is 0 Å². The molecular formula is C17H23N5O. The number of benzene rings is 1. The second-order valence-corrected chi connectivity index (χ2v) is 6.00. The van der Waals surface area contributed by atoms with Crippen molar-refractivity contribution in [2.24, 2.45) is 11.0 Å². The number of nitrogens with one attached hydrogen (secondary N) is 2. The van der Waals surface area contributed by atoms with Gasteiger partial charge in [-0.05, 0) is 18.4 Å². The highest BCUT2D eigenvalue weighted by Crippen LogP contribution is 2.31. The Bertz CT molecular complexity index is 592. The standard InChI is InChI=1S/C17H23N5O/c1-19-17(18)21-11-8-14(9-12-21)16(23)22-15(7-10-20-22)13-5-3-2-4-6-13/h2-6,10,14-15H,7-9,11-12H2,1H3,(H2,18,19)/t15-/m0/s1. The van der Waals surface area contributed by atoms with E-state index in [0.717, 1.165) is 37.9 Å². The smallest absolute Gasteiger partial charge is 0.246 e. The third kappa shape index (κ3) is 3.21. The highest BCUT2D eigenvalue weighted by molar-refractivity contribution is 5.82. The summed E-state index contributed by atoms with van der Waals surface area (Å²) in [5.41, 5.74) is 1.13. The van der Waals surface area contributed by atoms with E-state index in [1.807, 2.05) is 29.3 Å². The van der Waals surface area contributed by atoms with Crippen LogP contribution in [-0.4, -0.2) is 48.1 Å². The van der Waals surface area contributed by atoms with E-state index in [9.17, 15) is 4.79 Å². The van der Waals surface area contributed by atoms with Crippen molar-refractivity contribution in [1.29, 1.82) is 5.41 Å². The SMILES string of the molecule is CNC(=N)N1CCC(C(=O)N2N=CC[C@H]2c2ccccc2)CC1. The molecule has 2 aliphatic rings. The summed E-state index contributed by atoms with van der Waals surface area (Å²) in [6.45, 7) is 1.48. The van der Waals surface area contributed by atoms with Gasteiger partial charge in [-0.25, -0.2) is 5.01 Å². The minimum atomic E-state index is -0.00244. The molecule has 1 atom stereocenters. The summed E-state index contributed by atoms with van der Waals surface area (Å²) in [5.74, 6) is 0.540. The number of guanidine groups is 1. The van der Waals surface area contributed by atoms with Crippen LogP contribution < -0.4 is 5.32 Å². The van der Waals surface area contributed by atoms with E-state index in [1.54, 1.807) is 12.1 Å². The molecular weight excluding hydrogens is 290 g/mol. The molecule has 0 unspecified atom stereocenters. The van der Waals surface area contributed by atoms with Gasteiger partial charge in [0, 0.05) is 38.7 Å². The zero-order chi connectivity index (χ0) is 16.2. The average Bonchev–Trinajstić information content (AvgIpc) is 3.11. The van der Waals surface area contributed by atoms with E-state index in [4.69, 9.17) is 5.41 Å². The van der Waals surface area contributed by atoms with Crippen molar-refractivity contribution in [1.82, 2.24) is 15.2 Å². The van der Waals surface area contributed by atoms with Gasteiger partial charge in [-0.2, -0.15) is 5.10 Å². The lowest BCUT2D eigenvalue weighted by Crippen LogP contribution is -2.46. The van der Waals surface area contributed by atoms with Gasteiger partial charge >= 0.3 is 0 Å². The van der Waals surface area contributed by atoms with Crippen molar-refractivity contribution >= 4 is 18.1 Å². The number of hydrogen-bond donors (Lipinski definition) is 2. The van der Waals surface area contributed by atoms with Crippen LogP contribution in [0.4, 0.5) is 0 Å². The normalized spacial score (nSPS) is 21.5. The summed E-state index contributed by atoms with van der Waals surface area (Å²) >= 11 is 0. The Hall–Kier alpha value is -2.37. The molecule has 0 saturated carbocycles. The molecule has 1 saturated heterocycles. The molecule has 0 spiro atoms. The van der Waals surface area contributed by atoms with Crippen molar-refractivity contribution in [3.05, 3.63) is 35.9 Å². The molecule has 1 aromatic carbocycles. The Morgan fingerprint density at radius 2 is 1.96 bits per heavy atom. The number of hydrogen-bond acceptors (Lipinski definition) is 3. The minimum Gasteiger partial charge on any atom is -0.359 e. The highest BCUT2D eigenvalue weighted by Gasteiger charge is 2.34. The lowest BCUT2D eigenvalue weighted by molar-refractivity contribution is -0.138. The Kier molecular flexibility index (Phi) is 4.60. The molecule has 122 valence electrons. The third-order valence-corrected chi connectivity index (χ3v) is 4.64. The predicted molar refractivity (Wildman–Crippen MR) is 90.2 cm³/mol. The molecule has 1 amide bonds. The maximum absolute atomic E-state index is 12.9. The molecule has 0 radical (unpaired) electrons. The number of carbonyl (C=O) groups excluding carboxylic acids is 1. The number of rotatable bonds is 2. The van der Waals surface area contributed by atoms with Gasteiger partial charge in [0.25, 0.3) is 0 Å². The van der Waals surface area contributed by atoms with Crippen LogP contribution in [0.2, 0.25) is 0 Å². The molecule has 6 heteroatoms. The van der Waals surface area contributed by atoms with Crippen molar-refractivity contribution in [2.75, 3.05) is 20.1 Å². The van der Waals surface area contributed by atoms with Gasteiger partial charge in [-0.3, -0.25) is 10.2 Å². The van der Waals surface area contributed by atoms with E-state index >= 15 is 0 Å². The number of hydrazone groups is 1. The number of likely N-dealkylation sites (tertiary alicyclic amines) is 1. The Balaban J connectivity index is 1.64. The van der Waals surface area contributed by atoms with E-state index < -0.39 is 0 Å². The summed E-state index contributed by atoms with van der Waals surface area (Å²) in [6.07, 6.45) is 4.16. The lowest BCUT2D eigenvalue weighted by Gasteiger charge is -2.34. The van der Waals surface area contributed by atoms with E-state index in [0.29, 0.717) is 5.96 Å². The molecule has 2 aliphatic heterocycles. The Labute approximate surface area is 136 Å². The molecule has 2 heterocycles. The summed E-state index contributed by atoms with van der Waals surface area (Å²) in [5, 5.41) is 16.7. The monoisotopic (exact) mass is 313 g/mol. The van der Waals surface area contributed by atoms with Crippen LogP contribution in [0.3, 0.4) is 0 Å². The molecule has 0 aliphatic carbocycles. The molecule has 23 heavy (non-hydrogen) atoms. The van der Waals surface area contributed by atoms with Crippen molar-refractivity contribution in [2.45, 2.75) is 25.3 Å². The van der Waals surface area contributed by atoms with Crippen LogP contribution >= 0.6 is 0 Å². The maximum atomic E-state index is 12.9. The second kappa shape index (κ2) is 6.81. The first-order valence-corrected chi connectivity index (χ1v) is 8.12. The maximum Gasteiger partial charge on any atom is 0.246 e. The van der Waals surface area contributed by atoms with Crippen LogP contribution in [0.25, 0.3) is 0 Å². The van der Waals surface area contributed by atoms with Crippen LogP contribution in [0.15, 0.2) is 35.4 Å². The Morgan fingerprint density at radius 3 is 2.61 bits per heavy atom. The fourth-order valence-corrected chi connectivity index (χ4v) is 3.27. The largest absolute Gasteiger partial charge is 0.359 e. The van der Waals surface area contributed by atoms with Gasteiger partial charge < -0.3 is 10.2 Å². The number of nitrogens with zero attached hydrogens (tertiary/aromatic N) is 3. The second-order valence-electron chi connectivity index (χ2n) is 6.00. The van der Waals surface area contributed by atoms with Crippen LogP contribution in [0.1, 0.15) is 30.9 Å². The fraction of sp³-hybridized carbons (Fsp3) is 0.471. The van der Waals surface area contributed by atoms with Crippen molar-refractivity contribution < 1.29 is 4.79 Å². The summed E-state index contributed by atoms with van der Waals surface area (Å²) in [4.78, 5) is 14.8. The quantitative estimate of drug-likeness (QED) is 0.646. The molecule has 1 fully saturated rings. The Morgan fingerprint density at radius 1 is 1.26 bits per heavy atom. The molecule has 1 aromatic rings. The van der Waals surface area contributed by atoms with E-state index in [-0.39, 0.29) is 17.9 Å². The van der Waals surface area contributed by atoms with Crippen molar-refractivity contribution in [3.8, 4) is 0 Å². The first-order chi connectivity index (χ1) is 11.2. The van der Waals surface area contributed by atoms with Gasteiger partial charge in [0.05, 0.1) is 6.04 Å². The minimum absolute atomic E-state index is 0.00244. The zero-order valence-electron chi connectivity index (χ0n) is 13.4. The summed E-state index contributed by atoms with van der Waals surface area (Å²) in [6, 6.07) is 10.1. The lowest BCUT2D eigenvalue weighted by atomic mass is 9.94. The first kappa shape index (κ1) is 15.5. The van der Waals surface area contributed by atoms with Crippen LogP contribution in [-0.2, 0) is 4.79 Å². The van der Waals surface area contributed by atoms with E-state index in [1.165, 1.54) is 0 Å². The predicted octanol–water partition coefficient (Wildman–Crippen LogP) is 1.81. The first-order valence-electron chi connectivity index (χ1n) is 8.12. The third-order valence-electron chi connectivity index (χ3n) is 4.64. The van der Waals surface area contributed by atoms with Crippen LogP contribution in [0.5, 0.6) is 0 Å². The molecule has 0 aromatic heterocycles. The topological polar surface area (TPSA) is 71.8 Å². The van der Waals surface area contributed by atoms with Crippen molar-refractivity contribution in [3.63, 3.8) is 0 Å². The van der Waals surface area contributed by atoms with Crippen LogP contribution in [0, 0.1) is 11.3 Å². The fourth-order valence-electron chi connectivity index (χ4n) is 3.27. The highest BCUT2D eigenvalue weighted by atomic mass is 16.2. The van der Waals surface area contributed by atoms with Gasteiger partial charge in [0.15, 0.2) is 5.96 Å². The molecule has 2 N–H and O–H groups in total. The van der Waals surface area contributed by atoms with E-state index in [2.05, 4.69) is 22.6 Å². The van der Waals surface area contributed by atoms with Gasteiger partial charge in [-0.15, -0.1) is 0 Å². The number of carbonyl (C=O) groups is 1. The van der Waals surface area contributed by atoms with Gasteiger partial charge in [0.2, 0.25) is 5.91 Å². The van der Waals surface area contributed by atoms with Gasteiger partial charge in [-0.1, -0.05) is 30.3 Å². The number of piperidine rings is 1. The molecule has 6 nitrogen and oxygen atoms in total. The summed E-state index contributed by atoms with van der Waals surface area (Å²) in [7, 11) is 1.75. The number of amides is 1. The average molecular weight is 313 g/mol. The molecule has 0 bridgehead atoms. The molecule has 3 rings (SSSR count). The summed E-state index contributed by atoms with van der Waals surface area (Å²) < 4.78 is 0. The zero-order valence-corrected chi connectivity index (χ0v) is 13.4.